The summed E-state index contributed by atoms with van der Waals surface area (Å²) in [6.45, 7) is 1.88. The van der Waals surface area contributed by atoms with Crippen molar-refractivity contribution < 1.29 is 14.3 Å². The Bertz CT molecular complexity index is 699. The maximum Gasteiger partial charge on any atom is 0.260 e. The fraction of sp³-hybridized carbons (Fsp3) is 0.222. The minimum absolute atomic E-state index is 0.0520. The topological polar surface area (TPSA) is 58.6 Å². The smallest absolute Gasteiger partial charge is 0.260 e. The van der Waals surface area contributed by atoms with Crippen LogP contribution in [0.3, 0.4) is 0 Å². The number of likely N-dealkylation sites (N-methyl/N-ethyl adjacent to an activating group) is 1. The van der Waals surface area contributed by atoms with Gasteiger partial charge in [-0.1, -0.05) is 23.7 Å². The van der Waals surface area contributed by atoms with Crippen LogP contribution in [0, 0.1) is 0 Å². The largest absolute Gasteiger partial charge is 0.484 e. The molecule has 1 N–H and O–H groups in total. The van der Waals surface area contributed by atoms with Crippen LogP contribution < -0.4 is 10.1 Å². The Kier molecular flexibility index (Phi) is 6.21. The van der Waals surface area contributed by atoms with Gasteiger partial charge in [-0.3, -0.25) is 9.59 Å². The SMILES string of the molecule is CC(=O)Nc1ccc(OCC(=O)N(C)Cc2ccc(Cl)cc2)cc1. The summed E-state index contributed by atoms with van der Waals surface area (Å²) in [5.74, 6) is 0.302. The Morgan fingerprint density at radius 2 is 1.71 bits per heavy atom. The molecule has 0 bridgehead atoms. The molecule has 24 heavy (non-hydrogen) atoms. The Morgan fingerprint density at radius 3 is 2.29 bits per heavy atom. The molecule has 5 nitrogen and oxygen atoms in total. The van der Waals surface area contributed by atoms with Crippen molar-refractivity contribution in [3.63, 3.8) is 0 Å². The van der Waals surface area contributed by atoms with Gasteiger partial charge in [0.05, 0.1) is 0 Å². The lowest BCUT2D eigenvalue weighted by Gasteiger charge is -2.17. The molecule has 6 heteroatoms. The van der Waals surface area contributed by atoms with Crippen molar-refractivity contribution in [1.29, 1.82) is 0 Å². The minimum Gasteiger partial charge on any atom is -0.484 e. The van der Waals surface area contributed by atoms with E-state index in [1.54, 1.807) is 48.3 Å². The summed E-state index contributed by atoms with van der Waals surface area (Å²) in [7, 11) is 1.72. The van der Waals surface area contributed by atoms with Crippen LogP contribution in [-0.4, -0.2) is 30.4 Å². The number of hydrogen-bond acceptors (Lipinski definition) is 3. The fourth-order valence-corrected chi connectivity index (χ4v) is 2.17. The number of rotatable bonds is 6. The molecule has 0 unspecified atom stereocenters. The van der Waals surface area contributed by atoms with Gasteiger partial charge in [0.2, 0.25) is 5.91 Å². The molecule has 0 aliphatic heterocycles. The van der Waals surface area contributed by atoms with Crippen LogP contribution in [0.5, 0.6) is 5.75 Å². The standard InChI is InChI=1S/C18H19ClN2O3/c1-13(22)20-16-7-9-17(10-8-16)24-12-18(23)21(2)11-14-3-5-15(19)6-4-14/h3-10H,11-12H2,1-2H3,(H,20,22). The van der Waals surface area contributed by atoms with Gasteiger partial charge in [-0.05, 0) is 42.0 Å². The number of nitrogens with zero attached hydrogens (tertiary/aromatic N) is 1. The van der Waals surface area contributed by atoms with Crippen molar-refractivity contribution in [3.05, 3.63) is 59.1 Å². The van der Waals surface area contributed by atoms with Gasteiger partial charge in [-0.25, -0.2) is 0 Å². The predicted molar refractivity (Wildman–Crippen MR) is 94.2 cm³/mol. The number of benzene rings is 2. The molecule has 0 heterocycles. The van der Waals surface area contributed by atoms with Crippen LogP contribution >= 0.6 is 11.6 Å². The molecule has 0 aliphatic carbocycles. The molecule has 0 atom stereocenters. The highest BCUT2D eigenvalue weighted by atomic mass is 35.5. The summed E-state index contributed by atoms with van der Waals surface area (Å²) in [5, 5.41) is 3.33. The van der Waals surface area contributed by atoms with Gasteiger partial charge >= 0.3 is 0 Å². The van der Waals surface area contributed by atoms with Crippen molar-refractivity contribution >= 4 is 29.1 Å². The van der Waals surface area contributed by atoms with Crippen LogP contribution in [0.2, 0.25) is 5.02 Å². The Balaban J connectivity index is 1.83. The second-order valence-corrected chi connectivity index (χ2v) is 5.81. The lowest BCUT2D eigenvalue weighted by molar-refractivity contribution is -0.132. The van der Waals surface area contributed by atoms with E-state index in [0.717, 1.165) is 5.56 Å². The average Bonchev–Trinajstić information content (AvgIpc) is 2.55. The van der Waals surface area contributed by atoms with Gasteiger partial charge in [-0.2, -0.15) is 0 Å². The number of anilines is 1. The third-order valence-electron chi connectivity index (χ3n) is 3.30. The molecular formula is C18H19ClN2O3. The van der Waals surface area contributed by atoms with E-state index in [0.29, 0.717) is 23.0 Å². The number of nitrogens with one attached hydrogen (secondary N) is 1. The molecule has 0 saturated heterocycles. The predicted octanol–water partition coefficient (Wildman–Crippen LogP) is 3.34. The van der Waals surface area contributed by atoms with Crippen molar-refractivity contribution in [1.82, 2.24) is 4.90 Å². The molecule has 0 aromatic heterocycles. The Morgan fingerprint density at radius 1 is 1.08 bits per heavy atom. The quantitative estimate of drug-likeness (QED) is 0.872. The first kappa shape index (κ1) is 17.8. The number of halogens is 1. The van der Waals surface area contributed by atoms with Gasteiger partial charge in [0, 0.05) is 31.2 Å². The summed E-state index contributed by atoms with van der Waals surface area (Å²) in [6.07, 6.45) is 0. The lowest BCUT2D eigenvalue weighted by atomic mass is 10.2. The van der Waals surface area contributed by atoms with Gasteiger partial charge in [0.1, 0.15) is 5.75 Å². The number of carbonyl (C=O) groups excluding carboxylic acids is 2. The number of amides is 2. The first-order valence-corrected chi connectivity index (χ1v) is 7.80. The van der Waals surface area contributed by atoms with Crippen molar-refractivity contribution in [2.45, 2.75) is 13.5 Å². The van der Waals surface area contributed by atoms with E-state index in [9.17, 15) is 9.59 Å². The summed E-state index contributed by atoms with van der Waals surface area (Å²) in [5.41, 5.74) is 1.68. The lowest BCUT2D eigenvalue weighted by Crippen LogP contribution is -2.30. The fourth-order valence-electron chi connectivity index (χ4n) is 2.04. The molecule has 126 valence electrons. The molecule has 0 radical (unpaired) electrons. The zero-order valence-corrected chi connectivity index (χ0v) is 14.3. The van der Waals surface area contributed by atoms with E-state index < -0.39 is 0 Å². The number of carbonyl (C=O) groups is 2. The summed E-state index contributed by atoms with van der Waals surface area (Å²) in [6, 6.07) is 14.2. The third-order valence-corrected chi connectivity index (χ3v) is 3.55. The van der Waals surface area contributed by atoms with Gasteiger partial charge in [0.25, 0.3) is 5.91 Å². The first-order valence-electron chi connectivity index (χ1n) is 7.43. The van der Waals surface area contributed by atoms with E-state index in [1.807, 2.05) is 12.1 Å². The summed E-state index contributed by atoms with van der Waals surface area (Å²) < 4.78 is 5.48. The number of hydrogen-bond donors (Lipinski definition) is 1. The third kappa shape index (κ3) is 5.59. The van der Waals surface area contributed by atoms with E-state index in [4.69, 9.17) is 16.3 Å². The molecule has 2 rings (SSSR count). The molecule has 0 saturated carbocycles. The van der Waals surface area contributed by atoms with E-state index >= 15 is 0 Å². The van der Waals surface area contributed by atoms with Crippen molar-refractivity contribution in [2.24, 2.45) is 0 Å². The summed E-state index contributed by atoms with van der Waals surface area (Å²) >= 11 is 5.84. The van der Waals surface area contributed by atoms with Crippen molar-refractivity contribution in [3.8, 4) is 5.75 Å². The molecule has 2 aromatic rings. The Hall–Kier alpha value is -2.53. The second-order valence-electron chi connectivity index (χ2n) is 5.37. The van der Waals surface area contributed by atoms with Crippen LogP contribution in [0.4, 0.5) is 5.69 Å². The molecule has 0 fully saturated rings. The molecule has 2 aromatic carbocycles. The van der Waals surface area contributed by atoms with E-state index in [2.05, 4.69) is 5.32 Å². The monoisotopic (exact) mass is 346 g/mol. The molecule has 0 spiro atoms. The van der Waals surface area contributed by atoms with Crippen LogP contribution in [0.15, 0.2) is 48.5 Å². The van der Waals surface area contributed by atoms with E-state index in [-0.39, 0.29) is 18.4 Å². The second kappa shape index (κ2) is 8.36. The maximum atomic E-state index is 12.1. The molecule has 0 aliphatic rings. The average molecular weight is 347 g/mol. The summed E-state index contributed by atoms with van der Waals surface area (Å²) in [4.78, 5) is 24.7. The zero-order chi connectivity index (χ0) is 17.5. The molecular weight excluding hydrogens is 328 g/mol. The Labute approximate surface area is 146 Å². The zero-order valence-electron chi connectivity index (χ0n) is 13.6. The van der Waals surface area contributed by atoms with Crippen molar-refractivity contribution in [2.75, 3.05) is 19.0 Å². The van der Waals surface area contributed by atoms with Gasteiger partial charge < -0.3 is 15.0 Å². The first-order chi connectivity index (χ1) is 11.4. The van der Waals surface area contributed by atoms with E-state index in [1.165, 1.54) is 6.92 Å². The van der Waals surface area contributed by atoms with Gasteiger partial charge in [0.15, 0.2) is 6.61 Å². The maximum absolute atomic E-state index is 12.1. The van der Waals surface area contributed by atoms with Gasteiger partial charge in [-0.15, -0.1) is 0 Å². The number of ether oxygens (including phenoxy) is 1. The highest BCUT2D eigenvalue weighted by Crippen LogP contribution is 2.16. The molecule has 2 amide bonds. The van der Waals surface area contributed by atoms with Crippen LogP contribution in [0.1, 0.15) is 12.5 Å². The highest BCUT2D eigenvalue weighted by Gasteiger charge is 2.10. The highest BCUT2D eigenvalue weighted by molar-refractivity contribution is 6.30. The van der Waals surface area contributed by atoms with Crippen LogP contribution in [-0.2, 0) is 16.1 Å². The van der Waals surface area contributed by atoms with Crippen LogP contribution in [0.25, 0.3) is 0 Å². The normalized spacial score (nSPS) is 10.1. The minimum atomic E-state index is -0.136.